The predicted octanol–water partition coefficient (Wildman–Crippen LogP) is 4.82. The van der Waals surface area contributed by atoms with Crippen LogP contribution in [0.1, 0.15) is 5.56 Å². The van der Waals surface area contributed by atoms with E-state index in [4.69, 9.17) is 5.11 Å². The molecule has 6 nitrogen and oxygen atoms in total. The third kappa shape index (κ3) is 6.60. The van der Waals surface area contributed by atoms with Crippen LogP contribution >= 0.6 is 15.9 Å². The Kier molecular flexibility index (Phi) is 7.11. The van der Waals surface area contributed by atoms with Crippen molar-refractivity contribution in [2.45, 2.75) is 12.9 Å². The van der Waals surface area contributed by atoms with Gasteiger partial charge in [-0.15, -0.1) is 13.2 Å². The summed E-state index contributed by atoms with van der Waals surface area (Å²) in [5, 5.41) is 15.1. The molecular formula is C20H18BrF3N4O2. The van der Waals surface area contributed by atoms with Gasteiger partial charge in [-0.05, 0) is 29.8 Å². The van der Waals surface area contributed by atoms with Crippen LogP contribution in [0, 0.1) is 0 Å². The zero-order valence-corrected chi connectivity index (χ0v) is 17.2. The summed E-state index contributed by atoms with van der Waals surface area (Å²) in [6.45, 7) is 0.585. The van der Waals surface area contributed by atoms with Gasteiger partial charge in [-0.2, -0.15) is 4.98 Å². The van der Waals surface area contributed by atoms with Crippen molar-refractivity contribution in [3.8, 4) is 17.0 Å². The van der Waals surface area contributed by atoms with E-state index in [1.807, 2.05) is 24.3 Å². The third-order valence-electron chi connectivity index (χ3n) is 3.85. The van der Waals surface area contributed by atoms with E-state index < -0.39 is 6.36 Å². The molecule has 1 heterocycles. The van der Waals surface area contributed by atoms with E-state index in [1.165, 1.54) is 18.2 Å². The van der Waals surface area contributed by atoms with Gasteiger partial charge in [0.2, 0.25) is 5.95 Å². The molecule has 30 heavy (non-hydrogen) atoms. The number of aliphatic hydroxyl groups is 1. The van der Waals surface area contributed by atoms with Gasteiger partial charge in [0, 0.05) is 29.2 Å². The first-order valence-electron chi connectivity index (χ1n) is 8.91. The fourth-order valence-electron chi connectivity index (χ4n) is 2.62. The number of aliphatic hydroxyl groups excluding tert-OH is 1. The Bertz CT molecular complexity index is 1000. The maximum atomic E-state index is 12.5. The molecule has 0 fully saturated rings. The molecule has 0 saturated heterocycles. The van der Waals surface area contributed by atoms with E-state index in [-0.39, 0.29) is 24.8 Å². The van der Waals surface area contributed by atoms with Crippen LogP contribution in [0.4, 0.5) is 24.9 Å². The van der Waals surface area contributed by atoms with Gasteiger partial charge < -0.3 is 20.5 Å². The van der Waals surface area contributed by atoms with Crippen LogP contribution in [-0.2, 0) is 6.54 Å². The zero-order chi connectivity index (χ0) is 21.6. The van der Waals surface area contributed by atoms with Crippen LogP contribution in [0.5, 0.6) is 5.75 Å². The molecule has 2 aromatic carbocycles. The lowest BCUT2D eigenvalue weighted by Gasteiger charge is -2.13. The average Bonchev–Trinajstić information content (AvgIpc) is 2.70. The minimum atomic E-state index is -4.78. The molecule has 0 unspecified atom stereocenters. The van der Waals surface area contributed by atoms with Crippen molar-refractivity contribution in [2.75, 3.05) is 23.8 Å². The lowest BCUT2D eigenvalue weighted by molar-refractivity contribution is -0.274. The van der Waals surface area contributed by atoms with Crippen molar-refractivity contribution >= 4 is 27.7 Å². The summed E-state index contributed by atoms with van der Waals surface area (Å²) >= 11 is 3.42. The van der Waals surface area contributed by atoms with E-state index in [1.54, 1.807) is 12.1 Å². The SMILES string of the molecule is OCCNc1nc(NCc2cccc(Br)c2)cc(-c2cccc(OC(F)(F)F)c2)n1. The predicted molar refractivity (Wildman–Crippen MR) is 111 cm³/mol. The number of hydrogen-bond donors (Lipinski definition) is 3. The average molecular weight is 483 g/mol. The van der Waals surface area contributed by atoms with E-state index in [0.717, 1.165) is 10.0 Å². The summed E-state index contributed by atoms with van der Waals surface area (Å²) in [6.07, 6.45) is -4.78. The number of aromatic nitrogens is 2. The molecule has 10 heteroatoms. The maximum absolute atomic E-state index is 12.5. The standard InChI is InChI=1S/C20H18BrF3N4O2/c21-15-5-1-3-13(9-15)12-26-18-11-17(27-19(28-18)25-7-8-29)14-4-2-6-16(10-14)30-20(22,23)24/h1-6,9-11,29H,7-8,12H2,(H2,25,26,27,28). The molecule has 0 aliphatic carbocycles. The monoisotopic (exact) mass is 482 g/mol. The molecule has 3 rings (SSSR count). The normalized spacial score (nSPS) is 11.2. The van der Waals surface area contributed by atoms with E-state index in [0.29, 0.717) is 23.6 Å². The highest BCUT2D eigenvalue weighted by molar-refractivity contribution is 9.10. The van der Waals surface area contributed by atoms with Crippen molar-refractivity contribution in [1.29, 1.82) is 0 Å². The van der Waals surface area contributed by atoms with E-state index in [9.17, 15) is 13.2 Å². The van der Waals surface area contributed by atoms with Gasteiger partial charge >= 0.3 is 6.36 Å². The number of ether oxygens (including phenoxy) is 1. The topological polar surface area (TPSA) is 79.3 Å². The first kappa shape index (κ1) is 21.8. The Morgan fingerprint density at radius 3 is 2.53 bits per heavy atom. The minimum Gasteiger partial charge on any atom is -0.406 e. The molecule has 0 aliphatic heterocycles. The molecule has 0 spiro atoms. The first-order valence-corrected chi connectivity index (χ1v) is 9.70. The summed E-state index contributed by atoms with van der Waals surface area (Å²) in [5.74, 6) is 0.370. The van der Waals surface area contributed by atoms with Gasteiger partial charge in [-0.25, -0.2) is 4.98 Å². The van der Waals surface area contributed by atoms with Crippen LogP contribution in [0.15, 0.2) is 59.1 Å². The molecule has 0 aliphatic rings. The Balaban J connectivity index is 1.88. The fraction of sp³-hybridized carbons (Fsp3) is 0.200. The molecule has 0 atom stereocenters. The Morgan fingerprint density at radius 2 is 1.80 bits per heavy atom. The fourth-order valence-corrected chi connectivity index (χ4v) is 3.07. The largest absolute Gasteiger partial charge is 0.573 e. The van der Waals surface area contributed by atoms with Gasteiger partial charge in [-0.1, -0.05) is 40.2 Å². The molecule has 1 aromatic heterocycles. The number of benzene rings is 2. The lowest BCUT2D eigenvalue weighted by atomic mass is 10.1. The number of nitrogens with one attached hydrogen (secondary N) is 2. The maximum Gasteiger partial charge on any atom is 0.573 e. The Hall–Kier alpha value is -2.85. The second kappa shape index (κ2) is 9.77. The number of halogens is 4. The number of anilines is 2. The number of nitrogens with zero attached hydrogens (tertiary/aromatic N) is 2. The van der Waals surface area contributed by atoms with Gasteiger partial charge in [-0.3, -0.25) is 0 Å². The van der Waals surface area contributed by atoms with E-state index >= 15 is 0 Å². The van der Waals surface area contributed by atoms with Crippen molar-refractivity contribution in [3.63, 3.8) is 0 Å². The molecule has 158 valence electrons. The lowest BCUT2D eigenvalue weighted by Crippen LogP contribution is -2.17. The summed E-state index contributed by atoms with van der Waals surface area (Å²) < 4.78 is 42.5. The molecule has 0 bridgehead atoms. The second-order valence-electron chi connectivity index (χ2n) is 6.17. The highest BCUT2D eigenvalue weighted by Gasteiger charge is 2.31. The van der Waals surface area contributed by atoms with Crippen molar-refractivity contribution in [2.24, 2.45) is 0 Å². The summed E-state index contributed by atoms with van der Waals surface area (Å²) in [4.78, 5) is 8.68. The number of rotatable bonds is 8. The summed E-state index contributed by atoms with van der Waals surface area (Å²) in [6, 6.07) is 14.9. The molecule has 0 radical (unpaired) electrons. The zero-order valence-electron chi connectivity index (χ0n) is 15.6. The summed E-state index contributed by atoms with van der Waals surface area (Å²) in [7, 11) is 0. The Labute approximate surface area is 179 Å². The molecule has 3 aromatic rings. The minimum absolute atomic E-state index is 0.122. The van der Waals surface area contributed by atoms with Crippen LogP contribution < -0.4 is 15.4 Å². The van der Waals surface area contributed by atoms with Crippen molar-refractivity contribution in [1.82, 2.24) is 9.97 Å². The molecule has 0 amide bonds. The molecule has 3 N–H and O–H groups in total. The van der Waals surface area contributed by atoms with Crippen LogP contribution in [-0.4, -0.2) is 34.6 Å². The van der Waals surface area contributed by atoms with Crippen LogP contribution in [0.3, 0.4) is 0 Å². The van der Waals surface area contributed by atoms with Gasteiger partial charge in [0.1, 0.15) is 11.6 Å². The van der Waals surface area contributed by atoms with Crippen LogP contribution in [0.2, 0.25) is 0 Å². The Morgan fingerprint density at radius 1 is 1.00 bits per heavy atom. The van der Waals surface area contributed by atoms with Gasteiger partial charge in [0.05, 0.1) is 12.3 Å². The van der Waals surface area contributed by atoms with Gasteiger partial charge in [0.25, 0.3) is 0 Å². The van der Waals surface area contributed by atoms with Crippen molar-refractivity contribution in [3.05, 3.63) is 64.6 Å². The highest BCUT2D eigenvalue weighted by atomic mass is 79.9. The smallest absolute Gasteiger partial charge is 0.406 e. The number of alkyl halides is 3. The third-order valence-corrected chi connectivity index (χ3v) is 4.34. The number of hydrogen-bond acceptors (Lipinski definition) is 6. The molecule has 0 saturated carbocycles. The van der Waals surface area contributed by atoms with E-state index in [2.05, 4.69) is 41.3 Å². The quantitative estimate of drug-likeness (QED) is 0.427. The molecular weight excluding hydrogens is 465 g/mol. The van der Waals surface area contributed by atoms with Gasteiger partial charge in [0.15, 0.2) is 0 Å². The first-order chi connectivity index (χ1) is 14.3. The second-order valence-corrected chi connectivity index (χ2v) is 7.09. The summed E-state index contributed by atoms with van der Waals surface area (Å²) in [5.41, 5.74) is 1.83. The highest BCUT2D eigenvalue weighted by Crippen LogP contribution is 2.28. The van der Waals surface area contributed by atoms with Crippen molar-refractivity contribution < 1.29 is 23.0 Å². The van der Waals surface area contributed by atoms with Crippen LogP contribution in [0.25, 0.3) is 11.3 Å².